The van der Waals surface area contributed by atoms with Crippen LogP contribution in [0.2, 0.25) is 0 Å². The van der Waals surface area contributed by atoms with E-state index in [-0.39, 0.29) is 383 Å². The van der Waals surface area contributed by atoms with Crippen molar-refractivity contribution in [1.29, 1.82) is 0 Å². The Balaban J connectivity index is -0.00000000604. The molecule has 15 heteroatoms. The molecule has 255 valence electrons. The van der Waals surface area contributed by atoms with Gasteiger partial charge in [-0.05, 0) is 0 Å². The molecule has 0 aliphatic heterocycles. The van der Waals surface area contributed by atoms with Gasteiger partial charge in [0.15, 0.2) is 0 Å². The van der Waals surface area contributed by atoms with Crippen LogP contribution >= 0.6 is 0 Å². The Hall–Kier alpha value is 9.28. The third kappa shape index (κ3) is 188. The van der Waals surface area contributed by atoms with E-state index in [0.29, 0.717) is 0 Å². The third-order valence-corrected chi connectivity index (χ3v) is 2.00. The summed E-state index contributed by atoms with van der Waals surface area (Å²) in [6, 6.07) is 36.0. The van der Waals surface area contributed by atoms with Crippen molar-refractivity contribution < 1.29 is 361 Å². The molecule has 0 saturated heterocycles. The van der Waals surface area contributed by atoms with Crippen molar-refractivity contribution in [3.05, 3.63) is 139 Å². The Bertz CT molecular complexity index is 393. The van der Waals surface area contributed by atoms with Crippen molar-refractivity contribution >= 4 is 0 Å². The summed E-state index contributed by atoms with van der Waals surface area (Å²) in [7, 11) is 1.25. The molecular formula is C30H58U5V5W5-2. The summed E-state index contributed by atoms with van der Waals surface area (Å²) in [5, 5.41) is 0. The minimum Gasteiger partial charge on any atom is -0.358 e. The zero-order valence-electron chi connectivity index (χ0n) is 33.9. The second kappa shape index (κ2) is 182. The van der Waals surface area contributed by atoms with Crippen LogP contribution in [0.3, 0.4) is 0 Å². The van der Waals surface area contributed by atoms with Crippen molar-refractivity contribution in [1.82, 2.24) is 0 Å². The molecule has 0 heterocycles. The largest absolute Gasteiger partial charge is 2.00 e. The maximum atomic E-state index is 5.75. The Labute approximate surface area is 543 Å². The van der Waals surface area contributed by atoms with Gasteiger partial charge in [-0.3, -0.25) is 0 Å². The zero-order valence-corrected chi connectivity index (χ0v) is 71.3. The summed E-state index contributed by atoms with van der Waals surface area (Å²) in [5.41, 5.74) is 0. The summed E-state index contributed by atoms with van der Waals surface area (Å²) in [5.74, 6) is 0. The quantitative estimate of drug-likeness (QED) is 0.197. The Kier molecular flexibility index (Phi) is 531. The summed E-state index contributed by atoms with van der Waals surface area (Å²) < 4.78 is 25.8. The summed E-state index contributed by atoms with van der Waals surface area (Å²) >= 11 is 0. The Morgan fingerprint density at radius 1 is 0.378 bits per heavy atom. The maximum absolute atomic E-state index is 5.75. The second-order valence-electron chi connectivity index (χ2n) is 4.17. The molecule has 0 aliphatic carbocycles. The van der Waals surface area contributed by atoms with Crippen LogP contribution < -0.4 is 0 Å². The van der Waals surface area contributed by atoms with Crippen molar-refractivity contribution in [2.75, 3.05) is 0 Å². The fourth-order valence-corrected chi connectivity index (χ4v) is 1.15. The SMILES string of the molecule is CC.CC.CCC.[3H]C.[3H][3H].[3H][3H].[CH3-].[CH3-].[CH3-].[CH3-].[U].[U].[U].[U].[U].[V].[V].[V].[V].[V].[W+2].[W].[W].[W].[W].c1ccccc1.c1ccccc1.c1ccccc1. The molecule has 0 nitrogen and oxygen atoms in total. The van der Waals surface area contributed by atoms with Gasteiger partial charge in [-0.15, -0.1) is 0 Å². The van der Waals surface area contributed by atoms with E-state index in [1.54, 1.807) is 0 Å². The fourth-order valence-electron chi connectivity index (χ4n) is 1.15. The van der Waals surface area contributed by atoms with Crippen LogP contribution in [0, 0.1) is 185 Å². The first-order valence-electron chi connectivity index (χ1n) is 12.4. The smallest absolute Gasteiger partial charge is 0.358 e. The summed E-state index contributed by atoms with van der Waals surface area (Å²) in [6.45, 7) is 12.2. The van der Waals surface area contributed by atoms with Gasteiger partial charge >= 0.3 is 21.1 Å². The van der Waals surface area contributed by atoms with E-state index in [0.717, 1.165) is 0 Å². The first kappa shape index (κ1) is 131. The molecular weight excluding hydrogens is 2720 g/mol. The standard InChI is InChI=1S/3C6H6.C3H8.2C2H6.CH4.4CH3.5U.5V.5W.2H2/c3*1-2-4-6-5-3-1;1-3-2;2*1-2;;;;;;;;;;;;;;;;;;;;;;/h3*1-6H;3H2,1-2H3;2*1-2H3;1H4;4*1H3;;;;;;;;;;;;;;;;2*1H/q;;;;;;;4*-1;;;;;;;;;;;;;;;+2;;/i;;;;;;1T;;;;;;;;;;;;;;;;;;;;2*1+2T. The monoisotopic (exact) mass is 2790 g/mol. The average Bonchev–Trinajstić information content (AvgIpc) is 2.94. The van der Waals surface area contributed by atoms with E-state index in [1.807, 2.05) is 137 Å². The normalized spacial score (nSPS) is 4.38. The number of hydrogen-bond donors (Lipinski definition) is 0. The molecule has 45 heavy (non-hydrogen) atoms. The van der Waals surface area contributed by atoms with Crippen molar-refractivity contribution in [3.8, 4) is 0 Å². The molecule has 0 N–H and O–H groups in total. The van der Waals surface area contributed by atoms with Gasteiger partial charge in [0.1, 0.15) is 0 Å². The number of hydrogen-bond acceptors (Lipinski definition) is 0. The Morgan fingerprint density at radius 3 is 0.422 bits per heavy atom. The first-order valence-corrected chi connectivity index (χ1v) is 9.41. The topological polar surface area (TPSA) is 0 Å². The van der Waals surface area contributed by atoms with E-state index in [4.69, 9.17) is 7.31 Å². The van der Waals surface area contributed by atoms with Gasteiger partial charge < -0.3 is 29.7 Å². The van der Waals surface area contributed by atoms with Gasteiger partial charge in [0, 0.05) is 340 Å². The maximum Gasteiger partial charge on any atom is 2.00 e. The van der Waals surface area contributed by atoms with Gasteiger partial charge in [-0.1, -0.05) is 165 Å². The van der Waals surface area contributed by atoms with Crippen LogP contribution in [-0.2, 0) is 198 Å². The van der Waals surface area contributed by atoms with Gasteiger partial charge in [-0.25, -0.2) is 0 Å². The molecule has 0 saturated carbocycles. The van der Waals surface area contributed by atoms with Crippen LogP contribution in [0.5, 0.6) is 0 Å². The fraction of sp³-hybridized carbons (Fsp3) is 0.267. The Morgan fingerprint density at radius 2 is 0.400 bits per heavy atom. The molecule has 0 fully saturated rings. The van der Waals surface area contributed by atoms with Crippen molar-refractivity contribution in [3.63, 3.8) is 0 Å². The van der Waals surface area contributed by atoms with Gasteiger partial charge in [-0.2, -0.15) is 0 Å². The molecule has 0 aliphatic rings. The summed E-state index contributed by atoms with van der Waals surface area (Å²) in [4.78, 5) is 0. The van der Waals surface area contributed by atoms with E-state index in [2.05, 4.69) is 13.8 Å². The molecule has 3 aromatic rings. The predicted molar refractivity (Wildman–Crippen MR) is 155 cm³/mol. The number of benzene rings is 3. The molecule has 3 rings (SSSR count). The minimum absolute atomic E-state index is 0. The molecule has 0 amide bonds. The summed E-state index contributed by atoms with van der Waals surface area (Å²) in [6.07, 6.45) is 1.25. The second-order valence-corrected chi connectivity index (χ2v) is 4.17. The van der Waals surface area contributed by atoms with Crippen molar-refractivity contribution in [2.24, 2.45) is 0 Å². The van der Waals surface area contributed by atoms with Crippen LogP contribution in [0.15, 0.2) is 109 Å². The molecule has 0 bridgehead atoms. The van der Waals surface area contributed by atoms with E-state index >= 15 is 0 Å². The first-order chi connectivity index (χ1) is 15.4. The van der Waals surface area contributed by atoms with E-state index in [9.17, 15) is 0 Å². The zero-order chi connectivity index (χ0) is 25.4. The van der Waals surface area contributed by atoms with Crippen LogP contribution in [0.1, 0.15) is 62.7 Å². The minimum atomic E-state index is 0. The van der Waals surface area contributed by atoms with Crippen LogP contribution in [0.4, 0.5) is 0 Å². The molecule has 3 aromatic carbocycles. The molecule has 0 atom stereocenters. The van der Waals surface area contributed by atoms with E-state index < -0.39 is 0 Å². The van der Waals surface area contributed by atoms with Gasteiger partial charge in [0.05, 0.1) is 0 Å². The van der Waals surface area contributed by atoms with Gasteiger partial charge in [0.2, 0.25) is 0 Å². The predicted octanol–water partition coefficient (Wildman–Crippen LogP) is 11.4. The van der Waals surface area contributed by atoms with Crippen molar-refractivity contribution in [2.45, 2.75) is 55.4 Å². The third-order valence-electron chi connectivity index (χ3n) is 2.00. The molecule has 0 aromatic heterocycles. The molecule has 0 unspecified atom stereocenters. The molecule has 0 spiro atoms. The number of rotatable bonds is 0. The average molecular weight is 2790 g/mol. The van der Waals surface area contributed by atoms with Crippen LogP contribution in [-0.4, -0.2) is 0 Å². The van der Waals surface area contributed by atoms with E-state index in [1.165, 1.54) is 13.8 Å². The molecule has 5 radical (unpaired) electrons. The van der Waals surface area contributed by atoms with Crippen LogP contribution in [0.25, 0.3) is 0 Å². The van der Waals surface area contributed by atoms with Gasteiger partial charge in [0.25, 0.3) is 0 Å².